The van der Waals surface area contributed by atoms with E-state index in [0.717, 1.165) is 13.1 Å². The molecule has 6 heteroatoms. The molecular formula is C13H17N5O. The summed E-state index contributed by atoms with van der Waals surface area (Å²) >= 11 is 0. The van der Waals surface area contributed by atoms with Gasteiger partial charge in [0, 0.05) is 13.1 Å². The average Bonchev–Trinajstić information content (AvgIpc) is 3.08. The van der Waals surface area contributed by atoms with Crippen molar-refractivity contribution in [3.8, 4) is 0 Å². The Hall–Kier alpha value is -1.72. The highest BCUT2D eigenvalue weighted by Gasteiger charge is 2.57. The first-order valence-corrected chi connectivity index (χ1v) is 6.84. The predicted molar refractivity (Wildman–Crippen MR) is 66.7 cm³/mol. The van der Waals surface area contributed by atoms with Crippen LogP contribution in [-0.2, 0) is 11.3 Å². The van der Waals surface area contributed by atoms with Gasteiger partial charge in [-0.3, -0.25) is 4.79 Å². The standard InChI is InChI=1S/C13H17N5O/c1-13-7-17(12(19)6-18-8-14-15-16-18)5-11(13)9-2-3-10(13)4-9/h2-3,8-11H,4-7H2,1H3/t9-,10+,11?,13+/m1/s1. The van der Waals surface area contributed by atoms with Crippen LogP contribution in [0.2, 0.25) is 0 Å². The van der Waals surface area contributed by atoms with Crippen LogP contribution in [0.4, 0.5) is 0 Å². The van der Waals surface area contributed by atoms with Gasteiger partial charge in [-0.15, -0.1) is 5.10 Å². The van der Waals surface area contributed by atoms with Crippen molar-refractivity contribution in [2.75, 3.05) is 13.1 Å². The fourth-order valence-electron chi connectivity index (χ4n) is 4.25. The van der Waals surface area contributed by atoms with Gasteiger partial charge in [-0.05, 0) is 40.0 Å². The first-order valence-electron chi connectivity index (χ1n) is 6.84. The largest absolute Gasteiger partial charge is 0.340 e. The van der Waals surface area contributed by atoms with Crippen LogP contribution < -0.4 is 0 Å². The van der Waals surface area contributed by atoms with Gasteiger partial charge in [0.1, 0.15) is 12.9 Å². The van der Waals surface area contributed by atoms with E-state index in [2.05, 4.69) is 34.6 Å². The van der Waals surface area contributed by atoms with E-state index in [9.17, 15) is 4.79 Å². The minimum absolute atomic E-state index is 0.127. The number of allylic oxidation sites excluding steroid dienone is 2. The van der Waals surface area contributed by atoms with Gasteiger partial charge in [0.25, 0.3) is 0 Å². The molecule has 1 amide bonds. The molecule has 0 radical (unpaired) electrons. The van der Waals surface area contributed by atoms with Gasteiger partial charge in [0.2, 0.25) is 5.91 Å². The van der Waals surface area contributed by atoms with Gasteiger partial charge in [-0.1, -0.05) is 19.1 Å². The van der Waals surface area contributed by atoms with Crippen molar-refractivity contribution in [2.24, 2.45) is 23.2 Å². The number of hydrogen-bond acceptors (Lipinski definition) is 4. The molecule has 6 nitrogen and oxygen atoms in total. The highest BCUT2D eigenvalue weighted by Crippen LogP contribution is 2.59. The van der Waals surface area contributed by atoms with E-state index >= 15 is 0 Å². The molecule has 1 aromatic rings. The van der Waals surface area contributed by atoms with Crippen molar-refractivity contribution in [3.05, 3.63) is 18.5 Å². The Balaban J connectivity index is 1.50. The van der Waals surface area contributed by atoms with E-state index in [-0.39, 0.29) is 17.9 Å². The molecule has 2 fully saturated rings. The topological polar surface area (TPSA) is 63.9 Å². The molecule has 1 aromatic heterocycles. The molecular weight excluding hydrogens is 242 g/mol. The third-order valence-corrected chi connectivity index (χ3v) is 5.32. The summed E-state index contributed by atoms with van der Waals surface area (Å²) in [5, 5.41) is 10.9. The number of likely N-dealkylation sites (tertiary alicyclic amines) is 1. The smallest absolute Gasteiger partial charge is 0.244 e. The zero-order valence-corrected chi connectivity index (χ0v) is 10.9. The fraction of sp³-hybridized carbons (Fsp3) is 0.692. The van der Waals surface area contributed by atoms with E-state index < -0.39 is 0 Å². The molecule has 19 heavy (non-hydrogen) atoms. The van der Waals surface area contributed by atoms with Gasteiger partial charge in [-0.2, -0.15) is 0 Å². The molecule has 3 aliphatic rings. The van der Waals surface area contributed by atoms with Crippen LogP contribution in [0.5, 0.6) is 0 Å². The molecule has 1 saturated heterocycles. The summed E-state index contributed by atoms with van der Waals surface area (Å²) in [4.78, 5) is 14.3. The van der Waals surface area contributed by atoms with Crippen LogP contribution >= 0.6 is 0 Å². The van der Waals surface area contributed by atoms with Crippen molar-refractivity contribution in [1.82, 2.24) is 25.1 Å². The maximum atomic E-state index is 12.3. The highest BCUT2D eigenvalue weighted by atomic mass is 16.2. The predicted octanol–water partition coefficient (Wildman–Crippen LogP) is 0.344. The molecule has 0 aromatic carbocycles. The summed E-state index contributed by atoms with van der Waals surface area (Å²) < 4.78 is 1.49. The van der Waals surface area contributed by atoms with Crippen LogP contribution in [0.15, 0.2) is 18.5 Å². The van der Waals surface area contributed by atoms with Crippen LogP contribution in [-0.4, -0.2) is 44.1 Å². The van der Waals surface area contributed by atoms with Crippen molar-refractivity contribution in [1.29, 1.82) is 0 Å². The Kier molecular flexibility index (Phi) is 2.14. The quantitative estimate of drug-likeness (QED) is 0.719. The molecule has 0 spiro atoms. The minimum Gasteiger partial charge on any atom is -0.340 e. The monoisotopic (exact) mass is 259 g/mol. The number of fused-ring (bicyclic) bond motifs is 5. The van der Waals surface area contributed by atoms with Gasteiger partial charge >= 0.3 is 0 Å². The van der Waals surface area contributed by atoms with Crippen molar-refractivity contribution in [2.45, 2.75) is 19.9 Å². The number of amides is 1. The number of carbonyl (C=O) groups is 1. The number of hydrogen-bond donors (Lipinski definition) is 0. The molecule has 4 rings (SSSR count). The van der Waals surface area contributed by atoms with E-state index in [1.807, 2.05) is 4.90 Å². The number of tetrazole rings is 1. The van der Waals surface area contributed by atoms with E-state index in [1.54, 1.807) is 0 Å². The molecule has 4 atom stereocenters. The zero-order valence-electron chi connectivity index (χ0n) is 10.9. The molecule has 2 aliphatic carbocycles. The lowest BCUT2D eigenvalue weighted by atomic mass is 9.72. The van der Waals surface area contributed by atoms with Crippen LogP contribution in [0.25, 0.3) is 0 Å². The molecule has 1 unspecified atom stereocenters. The third kappa shape index (κ3) is 1.49. The van der Waals surface area contributed by atoms with Crippen LogP contribution in [0, 0.1) is 23.2 Å². The maximum absolute atomic E-state index is 12.3. The number of rotatable bonds is 2. The number of nitrogens with zero attached hydrogens (tertiary/aromatic N) is 5. The van der Waals surface area contributed by atoms with Gasteiger partial charge in [-0.25, -0.2) is 4.68 Å². The number of aromatic nitrogens is 4. The summed E-state index contributed by atoms with van der Waals surface area (Å²) in [5.41, 5.74) is 0.287. The van der Waals surface area contributed by atoms with Gasteiger partial charge < -0.3 is 4.90 Å². The summed E-state index contributed by atoms with van der Waals surface area (Å²) in [5.74, 6) is 2.11. The van der Waals surface area contributed by atoms with Gasteiger partial charge in [0.05, 0.1) is 0 Å². The Morgan fingerprint density at radius 2 is 2.37 bits per heavy atom. The molecule has 1 saturated carbocycles. The zero-order chi connectivity index (χ0) is 13.0. The van der Waals surface area contributed by atoms with E-state index in [0.29, 0.717) is 17.8 Å². The first kappa shape index (κ1) is 11.1. The molecule has 2 bridgehead atoms. The van der Waals surface area contributed by atoms with Crippen molar-refractivity contribution in [3.63, 3.8) is 0 Å². The van der Waals surface area contributed by atoms with Crippen LogP contribution in [0.1, 0.15) is 13.3 Å². The maximum Gasteiger partial charge on any atom is 0.244 e. The van der Waals surface area contributed by atoms with Gasteiger partial charge in [0.15, 0.2) is 0 Å². The minimum atomic E-state index is 0.127. The van der Waals surface area contributed by atoms with E-state index in [4.69, 9.17) is 0 Å². The summed E-state index contributed by atoms with van der Waals surface area (Å²) in [7, 11) is 0. The summed E-state index contributed by atoms with van der Waals surface area (Å²) in [6.45, 7) is 4.36. The second-order valence-electron chi connectivity index (χ2n) is 6.28. The van der Waals surface area contributed by atoms with Crippen LogP contribution in [0.3, 0.4) is 0 Å². The molecule has 100 valence electrons. The second kappa shape index (κ2) is 3.65. The SMILES string of the molecule is C[C@@]12CN(C(=O)Cn3cnnn3)CC1[C@@H]1C=C[C@H]2C1. The normalized spacial score (nSPS) is 39.0. The molecule has 2 heterocycles. The summed E-state index contributed by atoms with van der Waals surface area (Å²) in [6.07, 6.45) is 7.49. The summed E-state index contributed by atoms with van der Waals surface area (Å²) in [6, 6.07) is 0. The highest BCUT2D eigenvalue weighted by molar-refractivity contribution is 5.76. The third-order valence-electron chi connectivity index (χ3n) is 5.32. The Morgan fingerprint density at radius 3 is 3.11 bits per heavy atom. The molecule has 1 aliphatic heterocycles. The average molecular weight is 259 g/mol. The Bertz CT molecular complexity index is 539. The lowest BCUT2D eigenvalue weighted by molar-refractivity contribution is -0.131. The fourth-order valence-corrected chi connectivity index (χ4v) is 4.25. The van der Waals surface area contributed by atoms with Crippen molar-refractivity contribution < 1.29 is 4.79 Å². The number of carbonyl (C=O) groups excluding carboxylic acids is 1. The van der Waals surface area contributed by atoms with Crippen molar-refractivity contribution >= 4 is 5.91 Å². The van der Waals surface area contributed by atoms with E-state index in [1.165, 1.54) is 17.4 Å². The Labute approximate surface area is 111 Å². The first-order chi connectivity index (χ1) is 9.17. The Morgan fingerprint density at radius 1 is 1.47 bits per heavy atom. The molecule has 0 N–H and O–H groups in total. The lowest BCUT2D eigenvalue weighted by Gasteiger charge is -2.31. The second-order valence-corrected chi connectivity index (χ2v) is 6.28. The lowest BCUT2D eigenvalue weighted by Crippen LogP contribution is -2.35.